The molecule has 1 aromatic heterocycles. The summed E-state index contributed by atoms with van der Waals surface area (Å²) >= 11 is 0. The highest BCUT2D eigenvalue weighted by Crippen LogP contribution is 2.19. The van der Waals surface area contributed by atoms with E-state index in [2.05, 4.69) is 29.4 Å². The lowest BCUT2D eigenvalue weighted by Crippen LogP contribution is -2.29. The van der Waals surface area contributed by atoms with E-state index in [-0.39, 0.29) is 0 Å². The van der Waals surface area contributed by atoms with Crippen LogP contribution in [0.1, 0.15) is 51.1 Å². The second-order valence-electron chi connectivity index (χ2n) is 5.68. The molecular weight excluding hydrogens is 248 g/mol. The van der Waals surface area contributed by atoms with E-state index < -0.39 is 0 Å². The van der Waals surface area contributed by atoms with Gasteiger partial charge in [-0.15, -0.1) is 0 Å². The number of nitrogens with zero attached hydrogens (tertiary/aromatic N) is 1. The summed E-state index contributed by atoms with van der Waals surface area (Å²) in [7, 11) is 0. The van der Waals surface area contributed by atoms with Crippen LogP contribution in [0.15, 0.2) is 24.4 Å². The molecule has 1 aliphatic heterocycles. The SMILES string of the molecule is CCNC(CCCC1CCCO1)CCc1ccccn1. The van der Waals surface area contributed by atoms with Crippen molar-refractivity contribution in [3.8, 4) is 0 Å². The highest BCUT2D eigenvalue weighted by Gasteiger charge is 2.16. The Hall–Kier alpha value is -0.930. The number of rotatable bonds is 9. The third-order valence-electron chi connectivity index (χ3n) is 4.07. The van der Waals surface area contributed by atoms with Crippen molar-refractivity contribution < 1.29 is 4.74 Å². The molecule has 0 bridgehead atoms. The number of nitrogens with one attached hydrogen (secondary N) is 1. The average molecular weight is 276 g/mol. The lowest BCUT2D eigenvalue weighted by atomic mass is 10.0. The average Bonchev–Trinajstić information content (AvgIpc) is 2.99. The van der Waals surface area contributed by atoms with Crippen molar-refractivity contribution in [2.45, 2.75) is 64.0 Å². The van der Waals surface area contributed by atoms with Crippen LogP contribution in [0.25, 0.3) is 0 Å². The van der Waals surface area contributed by atoms with Crippen LogP contribution in [0.4, 0.5) is 0 Å². The van der Waals surface area contributed by atoms with Crippen molar-refractivity contribution in [2.75, 3.05) is 13.2 Å². The summed E-state index contributed by atoms with van der Waals surface area (Å²) in [6, 6.07) is 6.79. The Balaban J connectivity index is 1.66. The van der Waals surface area contributed by atoms with Gasteiger partial charge in [-0.3, -0.25) is 4.98 Å². The lowest BCUT2D eigenvalue weighted by Gasteiger charge is -2.18. The summed E-state index contributed by atoms with van der Waals surface area (Å²) in [5, 5.41) is 3.61. The standard InChI is InChI=1S/C17H28N2O/c1-2-18-15(8-5-9-17-10-6-14-20-17)11-12-16-7-3-4-13-19-16/h3-4,7,13,15,17-18H,2,5-6,8-12,14H2,1H3. The minimum Gasteiger partial charge on any atom is -0.378 e. The van der Waals surface area contributed by atoms with Gasteiger partial charge in [0.1, 0.15) is 0 Å². The predicted octanol–water partition coefficient (Wildman–Crippen LogP) is 3.34. The molecule has 1 aliphatic rings. The lowest BCUT2D eigenvalue weighted by molar-refractivity contribution is 0.101. The number of ether oxygens (including phenoxy) is 1. The van der Waals surface area contributed by atoms with Crippen LogP contribution in [0, 0.1) is 0 Å². The largest absolute Gasteiger partial charge is 0.378 e. The Morgan fingerprint density at radius 2 is 2.35 bits per heavy atom. The molecule has 1 fully saturated rings. The van der Waals surface area contributed by atoms with Crippen LogP contribution in [0.5, 0.6) is 0 Å². The molecule has 0 amide bonds. The Bertz CT molecular complexity index is 349. The molecule has 0 saturated carbocycles. The Kier molecular flexibility index (Phi) is 7.02. The Labute approximate surface area is 123 Å². The van der Waals surface area contributed by atoms with Crippen LogP contribution in [0.3, 0.4) is 0 Å². The zero-order valence-electron chi connectivity index (χ0n) is 12.7. The first-order chi connectivity index (χ1) is 9.88. The smallest absolute Gasteiger partial charge is 0.0576 e. The van der Waals surface area contributed by atoms with Crippen LogP contribution >= 0.6 is 0 Å². The molecule has 0 radical (unpaired) electrons. The van der Waals surface area contributed by atoms with Gasteiger partial charge in [0.2, 0.25) is 0 Å². The molecule has 3 nitrogen and oxygen atoms in total. The first kappa shape index (κ1) is 15.5. The highest BCUT2D eigenvalue weighted by atomic mass is 16.5. The number of pyridine rings is 1. The minimum atomic E-state index is 0.535. The van der Waals surface area contributed by atoms with Crippen molar-refractivity contribution in [1.29, 1.82) is 0 Å². The molecule has 1 N–H and O–H groups in total. The fourth-order valence-corrected chi connectivity index (χ4v) is 2.97. The number of hydrogen-bond acceptors (Lipinski definition) is 3. The molecule has 1 saturated heterocycles. The van der Waals surface area contributed by atoms with Crippen molar-refractivity contribution in [3.05, 3.63) is 30.1 Å². The zero-order valence-corrected chi connectivity index (χ0v) is 12.7. The van der Waals surface area contributed by atoms with E-state index in [1.54, 1.807) is 0 Å². The van der Waals surface area contributed by atoms with Crippen LogP contribution < -0.4 is 5.32 Å². The van der Waals surface area contributed by atoms with E-state index >= 15 is 0 Å². The fourth-order valence-electron chi connectivity index (χ4n) is 2.97. The Morgan fingerprint density at radius 3 is 3.05 bits per heavy atom. The van der Waals surface area contributed by atoms with Crippen molar-refractivity contribution >= 4 is 0 Å². The summed E-state index contributed by atoms with van der Waals surface area (Å²) in [6.07, 6.45) is 10.9. The molecule has 3 heteroatoms. The van der Waals surface area contributed by atoms with E-state index in [4.69, 9.17) is 4.74 Å². The molecule has 0 aromatic carbocycles. The van der Waals surface area contributed by atoms with Gasteiger partial charge in [-0.05, 0) is 63.6 Å². The number of hydrogen-bond donors (Lipinski definition) is 1. The first-order valence-corrected chi connectivity index (χ1v) is 8.13. The van der Waals surface area contributed by atoms with E-state index in [1.165, 1.54) is 44.2 Å². The molecule has 0 aliphatic carbocycles. The van der Waals surface area contributed by atoms with E-state index in [0.717, 1.165) is 19.6 Å². The summed E-state index contributed by atoms with van der Waals surface area (Å²) in [4.78, 5) is 4.41. The maximum absolute atomic E-state index is 5.69. The molecule has 2 rings (SSSR count). The molecule has 2 atom stereocenters. The second kappa shape index (κ2) is 9.09. The van der Waals surface area contributed by atoms with Gasteiger partial charge in [-0.25, -0.2) is 0 Å². The summed E-state index contributed by atoms with van der Waals surface area (Å²) in [6.45, 7) is 4.21. The van der Waals surface area contributed by atoms with Crippen molar-refractivity contribution in [1.82, 2.24) is 10.3 Å². The van der Waals surface area contributed by atoms with E-state index in [0.29, 0.717) is 12.1 Å². The van der Waals surface area contributed by atoms with Gasteiger partial charge in [-0.2, -0.15) is 0 Å². The van der Waals surface area contributed by atoms with Gasteiger partial charge in [-0.1, -0.05) is 13.0 Å². The molecular formula is C17H28N2O. The van der Waals surface area contributed by atoms with Gasteiger partial charge in [0.05, 0.1) is 6.10 Å². The van der Waals surface area contributed by atoms with Gasteiger partial charge >= 0.3 is 0 Å². The maximum atomic E-state index is 5.69. The normalized spacial score (nSPS) is 20.1. The monoisotopic (exact) mass is 276 g/mol. The predicted molar refractivity (Wildman–Crippen MR) is 82.8 cm³/mol. The fraction of sp³-hybridized carbons (Fsp3) is 0.706. The Morgan fingerprint density at radius 1 is 1.40 bits per heavy atom. The topological polar surface area (TPSA) is 34.1 Å². The first-order valence-electron chi connectivity index (χ1n) is 8.13. The van der Waals surface area contributed by atoms with Crippen molar-refractivity contribution in [2.24, 2.45) is 0 Å². The summed E-state index contributed by atoms with van der Waals surface area (Å²) in [5.41, 5.74) is 1.20. The highest BCUT2D eigenvalue weighted by molar-refractivity contribution is 5.03. The molecule has 0 spiro atoms. The molecule has 1 aromatic rings. The minimum absolute atomic E-state index is 0.535. The molecule has 20 heavy (non-hydrogen) atoms. The number of aromatic nitrogens is 1. The van der Waals surface area contributed by atoms with Gasteiger partial charge in [0.25, 0.3) is 0 Å². The molecule has 2 heterocycles. The quantitative estimate of drug-likeness (QED) is 0.751. The van der Waals surface area contributed by atoms with E-state index in [1.807, 2.05) is 12.3 Å². The van der Waals surface area contributed by atoms with Crippen molar-refractivity contribution in [3.63, 3.8) is 0 Å². The maximum Gasteiger partial charge on any atom is 0.0576 e. The third-order valence-corrected chi connectivity index (χ3v) is 4.07. The summed E-state index contributed by atoms with van der Waals surface area (Å²) < 4.78 is 5.69. The van der Waals surface area contributed by atoms with Gasteiger partial charge < -0.3 is 10.1 Å². The number of aryl methyl sites for hydroxylation is 1. The van der Waals surface area contributed by atoms with Crippen LogP contribution in [-0.2, 0) is 11.2 Å². The van der Waals surface area contributed by atoms with E-state index in [9.17, 15) is 0 Å². The van der Waals surface area contributed by atoms with Crippen LogP contribution in [-0.4, -0.2) is 30.3 Å². The molecule has 112 valence electrons. The van der Waals surface area contributed by atoms with Gasteiger partial charge in [0, 0.05) is 24.5 Å². The van der Waals surface area contributed by atoms with Gasteiger partial charge in [0.15, 0.2) is 0 Å². The molecule has 2 unspecified atom stereocenters. The van der Waals surface area contributed by atoms with Crippen LogP contribution in [0.2, 0.25) is 0 Å². The third kappa shape index (κ3) is 5.59. The zero-order chi connectivity index (χ0) is 14.0. The second-order valence-corrected chi connectivity index (χ2v) is 5.68. The summed E-state index contributed by atoms with van der Waals surface area (Å²) in [5.74, 6) is 0.